The highest BCUT2D eigenvalue weighted by atomic mass is 15.2. The molecule has 94 valence electrons. The number of nitrogens with zero attached hydrogens (tertiary/aromatic N) is 3. The molecule has 3 rings (SSSR count). The monoisotopic (exact) mass is 241 g/mol. The molecule has 1 unspecified atom stereocenters. The molecule has 1 aromatic heterocycles. The molecule has 0 N–H and O–H groups in total. The van der Waals surface area contributed by atoms with Gasteiger partial charge in [0.05, 0.1) is 5.56 Å². The van der Waals surface area contributed by atoms with Crippen molar-refractivity contribution in [2.75, 3.05) is 11.4 Å². The summed E-state index contributed by atoms with van der Waals surface area (Å²) in [6.45, 7) is 1.13. The minimum atomic E-state index is 0.648. The van der Waals surface area contributed by atoms with Crippen LogP contribution in [0.2, 0.25) is 0 Å². The first-order valence-corrected chi connectivity index (χ1v) is 7.01. The van der Waals surface area contributed by atoms with Gasteiger partial charge in [-0.3, -0.25) is 0 Å². The zero-order chi connectivity index (χ0) is 12.4. The number of anilines is 1. The fourth-order valence-corrected chi connectivity index (χ4v) is 3.53. The highest BCUT2D eigenvalue weighted by molar-refractivity contribution is 5.44. The minimum Gasteiger partial charge on any atom is -0.353 e. The Labute approximate surface area is 108 Å². The average molecular weight is 241 g/mol. The fourth-order valence-electron chi connectivity index (χ4n) is 3.53. The van der Waals surface area contributed by atoms with Gasteiger partial charge in [0.1, 0.15) is 11.9 Å². The molecule has 0 radical (unpaired) electrons. The van der Waals surface area contributed by atoms with Gasteiger partial charge in [0.2, 0.25) is 0 Å². The Bertz CT molecular complexity index is 440. The summed E-state index contributed by atoms with van der Waals surface area (Å²) in [6, 6.07) is 6.71. The lowest BCUT2D eigenvalue weighted by molar-refractivity contribution is 0.429. The molecule has 3 nitrogen and oxygen atoms in total. The lowest BCUT2D eigenvalue weighted by atomic mass is 9.96. The quantitative estimate of drug-likeness (QED) is 0.798. The summed E-state index contributed by atoms with van der Waals surface area (Å²) >= 11 is 0. The Morgan fingerprint density at radius 2 is 2.00 bits per heavy atom. The third-order valence-corrected chi connectivity index (χ3v) is 4.41. The molecular formula is C15H19N3. The Balaban J connectivity index is 1.79. The Kier molecular flexibility index (Phi) is 3.19. The lowest BCUT2D eigenvalue weighted by Crippen LogP contribution is -2.35. The average Bonchev–Trinajstić information content (AvgIpc) is 3.09. The van der Waals surface area contributed by atoms with Gasteiger partial charge in [-0.25, -0.2) is 4.98 Å². The van der Waals surface area contributed by atoms with Crippen LogP contribution in [0.5, 0.6) is 0 Å². The SMILES string of the molecule is N#Cc1ccc(N2CCCC2C2CCCC2)nc1. The van der Waals surface area contributed by atoms with Gasteiger partial charge in [-0.1, -0.05) is 12.8 Å². The smallest absolute Gasteiger partial charge is 0.128 e. The van der Waals surface area contributed by atoms with Crippen LogP contribution in [0.15, 0.2) is 18.3 Å². The van der Waals surface area contributed by atoms with E-state index in [1.165, 1.54) is 38.5 Å². The van der Waals surface area contributed by atoms with Crippen LogP contribution in [0, 0.1) is 17.2 Å². The van der Waals surface area contributed by atoms with Crippen molar-refractivity contribution >= 4 is 5.82 Å². The van der Waals surface area contributed by atoms with Crippen LogP contribution in [-0.4, -0.2) is 17.6 Å². The number of rotatable bonds is 2. The predicted octanol–water partition coefficient (Wildman–Crippen LogP) is 3.11. The van der Waals surface area contributed by atoms with Crippen molar-refractivity contribution in [1.82, 2.24) is 4.98 Å². The van der Waals surface area contributed by atoms with Crippen LogP contribution in [0.3, 0.4) is 0 Å². The molecule has 1 aliphatic carbocycles. The summed E-state index contributed by atoms with van der Waals surface area (Å²) in [5, 5.41) is 8.81. The second kappa shape index (κ2) is 4.97. The third-order valence-electron chi connectivity index (χ3n) is 4.41. The van der Waals surface area contributed by atoms with Gasteiger partial charge < -0.3 is 4.90 Å². The molecule has 0 spiro atoms. The molecule has 1 saturated carbocycles. The van der Waals surface area contributed by atoms with E-state index in [0.717, 1.165) is 18.3 Å². The molecule has 3 heteroatoms. The highest BCUT2D eigenvalue weighted by Crippen LogP contribution is 2.37. The maximum absolute atomic E-state index is 8.81. The first-order chi connectivity index (χ1) is 8.88. The number of aromatic nitrogens is 1. The van der Waals surface area contributed by atoms with E-state index >= 15 is 0 Å². The Morgan fingerprint density at radius 1 is 1.17 bits per heavy atom. The molecular weight excluding hydrogens is 222 g/mol. The summed E-state index contributed by atoms with van der Waals surface area (Å²) in [6.07, 6.45) is 9.86. The summed E-state index contributed by atoms with van der Waals surface area (Å²) < 4.78 is 0. The van der Waals surface area contributed by atoms with Crippen molar-refractivity contribution in [2.45, 2.75) is 44.6 Å². The van der Waals surface area contributed by atoms with E-state index in [1.807, 2.05) is 12.1 Å². The second-order valence-corrected chi connectivity index (χ2v) is 5.46. The molecule has 18 heavy (non-hydrogen) atoms. The second-order valence-electron chi connectivity index (χ2n) is 5.46. The zero-order valence-electron chi connectivity index (χ0n) is 10.7. The summed E-state index contributed by atoms with van der Waals surface area (Å²) in [4.78, 5) is 6.93. The van der Waals surface area contributed by atoms with Crippen molar-refractivity contribution < 1.29 is 0 Å². The van der Waals surface area contributed by atoms with Crippen LogP contribution in [0.4, 0.5) is 5.82 Å². The van der Waals surface area contributed by atoms with E-state index in [-0.39, 0.29) is 0 Å². The molecule has 1 aromatic rings. The highest BCUT2D eigenvalue weighted by Gasteiger charge is 2.33. The van der Waals surface area contributed by atoms with Gasteiger partial charge in [0.25, 0.3) is 0 Å². The lowest BCUT2D eigenvalue weighted by Gasteiger charge is -2.30. The molecule has 2 heterocycles. The number of pyridine rings is 1. The molecule has 2 fully saturated rings. The Hall–Kier alpha value is -1.56. The van der Waals surface area contributed by atoms with E-state index in [2.05, 4.69) is 16.0 Å². The largest absolute Gasteiger partial charge is 0.353 e. The molecule has 1 aliphatic heterocycles. The predicted molar refractivity (Wildman–Crippen MR) is 71.3 cm³/mol. The van der Waals surface area contributed by atoms with Gasteiger partial charge in [0, 0.05) is 18.8 Å². The maximum Gasteiger partial charge on any atom is 0.128 e. The molecule has 2 aliphatic rings. The van der Waals surface area contributed by atoms with E-state index in [4.69, 9.17) is 5.26 Å². The van der Waals surface area contributed by atoms with Crippen molar-refractivity contribution in [3.63, 3.8) is 0 Å². The van der Waals surface area contributed by atoms with Crippen molar-refractivity contribution in [1.29, 1.82) is 5.26 Å². The zero-order valence-corrected chi connectivity index (χ0v) is 10.7. The molecule has 1 saturated heterocycles. The fraction of sp³-hybridized carbons (Fsp3) is 0.600. The normalized spacial score (nSPS) is 24.4. The van der Waals surface area contributed by atoms with E-state index in [9.17, 15) is 0 Å². The topological polar surface area (TPSA) is 39.9 Å². The first-order valence-electron chi connectivity index (χ1n) is 7.01. The molecule has 0 bridgehead atoms. The maximum atomic E-state index is 8.81. The van der Waals surface area contributed by atoms with Crippen LogP contribution in [0.1, 0.15) is 44.1 Å². The minimum absolute atomic E-state index is 0.648. The van der Waals surface area contributed by atoms with Crippen LogP contribution in [-0.2, 0) is 0 Å². The van der Waals surface area contributed by atoms with E-state index < -0.39 is 0 Å². The Morgan fingerprint density at radius 3 is 2.67 bits per heavy atom. The van der Waals surface area contributed by atoms with Crippen LogP contribution in [0.25, 0.3) is 0 Å². The van der Waals surface area contributed by atoms with Gasteiger partial charge in [-0.05, 0) is 43.7 Å². The third kappa shape index (κ3) is 2.08. The summed E-state index contributed by atoms with van der Waals surface area (Å²) in [5.41, 5.74) is 0.648. The van der Waals surface area contributed by atoms with Crippen LogP contribution >= 0.6 is 0 Å². The molecule has 0 aromatic carbocycles. The van der Waals surface area contributed by atoms with Crippen molar-refractivity contribution in [2.24, 2.45) is 5.92 Å². The van der Waals surface area contributed by atoms with Gasteiger partial charge in [0.15, 0.2) is 0 Å². The summed E-state index contributed by atoms with van der Waals surface area (Å²) in [7, 11) is 0. The number of nitriles is 1. The number of hydrogen-bond donors (Lipinski definition) is 0. The first kappa shape index (κ1) is 11.5. The summed E-state index contributed by atoms with van der Waals surface area (Å²) in [5.74, 6) is 1.92. The standard InChI is InChI=1S/C15H19N3/c16-10-12-7-8-15(17-11-12)18-9-3-6-14(18)13-4-1-2-5-13/h7-8,11,13-14H,1-6,9H2. The van der Waals surface area contributed by atoms with Crippen molar-refractivity contribution in [3.8, 4) is 6.07 Å². The molecule has 0 amide bonds. The van der Waals surface area contributed by atoms with Crippen LogP contribution < -0.4 is 4.90 Å². The van der Waals surface area contributed by atoms with Gasteiger partial charge in [-0.15, -0.1) is 0 Å². The molecule has 1 atom stereocenters. The van der Waals surface area contributed by atoms with E-state index in [0.29, 0.717) is 11.6 Å². The number of hydrogen-bond acceptors (Lipinski definition) is 3. The van der Waals surface area contributed by atoms with E-state index in [1.54, 1.807) is 6.20 Å². The van der Waals surface area contributed by atoms with Gasteiger partial charge in [-0.2, -0.15) is 5.26 Å². The van der Waals surface area contributed by atoms with Gasteiger partial charge >= 0.3 is 0 Å². The van der Waals surface area contributed by atoms with Crippen molar-refractivity contribution in [3.05, 3.63) is 23.9 Å².